The molecule has 9 heteroatoms. The van der Waals surface area contributed by atoms with Gasteiger partial charge >= 0.3 is 0 Å². The summed E-state index contributed by atoms with van der Waals surface area (Å²) in [6.45, 7) is 11.1. The Balaban J connectivity index is 1.32. The number of rotatable bonds is 8. The lowest BCUT2D eigenvalue weighted by Gasteiger charge is -2.38. The molecular weight excluding hydrogens is 480 g/mol. The summed E-state index contributed by atoms with van der Waals surface area (Å²) in [6, 6.07) is 17.9. The Morgan fingerprint density at radius 1 is 0.947 bits per heavy atom. The predicted molar refractivity (Wildman–Crippen MR) is 149 cm³/mol. The van der Waals surface area contributed by atoms with E-state index in [1.807, 2.05) is 68.1 Å². The number of carbonyl (C=O) groups excluding carboxylic acids is 2. The van der Waals surface area contributed by atoms with Crippen LogP contribution < -0.4 is 15.7 Å². The Morgan fingerprint density at radius 2 is 1.63 bits per heavy atom. The van der Waals surface area contributed by atoms with E-state index in [2.05, 4.69) is 37.8 Å². The SMILES string of the molecule is CCC(=O)NOCc1ccc(-c2ccnc(Nc3ccc(N4CCN(C(=O)C(C)(C)C)CC4)cc3)n2)cc1. The Bertz CT molecular complexity index is 1230. The Kier molecular flexibility index (Phi) is 8.58. The third-order valence-corrected chi connectivity index (χ3v) is 6.35. The van der Waals surface area contributed by atoms with E-state index in [9.17, 15) is 9.59 Å². The van der Waals surface area contributed by atoms with Crippen molar-refractivity contribution in [1.82, 2.24) is 20.3 Å². The van der Waals surface area contributed by atoms with Crippen molar-refractivity contribution in [3.05, 3.63) is 66.4 Å². The summed E-state index contributed by atoms with van der Waals surface area (Å²) in [7, 11) is 0. The van der Waals surface area contributed by atoms with Gasteiger partial charge in [-0.2, -0.15) is 0 Å². The smallest absolute Gasteiger partial charge is 0.243 e. The average molecular weight is 517 g/mol. The topological polar surface area (TPSA) is 99.7 Å². The summed E-state index contributed by atoms with van der Waals surface area (Å²) >= 11 is 0. The van der Waals surface area contributed by atoms with Crippen LogP contribution in [0.2, 0.25) is 0 Å². The van der Waals surface area contributed by atoms with Crippen molar-refractivity contribution in [2.75, 3.05) is 36.4 Å². The van der Waals surface area contributed by atoms with Crippen molar-refractivity contribution >= 4 is 29.1 Å². The summed E-state index contributed by atoms with van der Waals surface area (Å²) in [5, 5.41) is 3.28. The largest absolute Gasteiger partial charge is 0.368 e. The number of hydroxylamine groups is 1. The van der Waals surface area contributed by atoms with Crippen LogP contribution in [-0.2, 0) is 21.0 Å². The zero-order chi connectivity index (χ0) is 27.1. The molecule has 0 saturated carbocycles. The Labute approximate surface area is 224 Å². The van der Waals surface area contributed by atoms with Gasteiger partial charge in [-0.3, -0.25) is 14.4 Å². The first-order valence-electron chi connectivity index (χ1n) is 13.0. The van der Waals surface area contributed by atoms with E-state index < -0.39 is 0 Å². The van der Waals surface area contributed by atoms with E-state index >= 15 is 0 Å². The van der Waals surface area contributed by atoms with E-state index in [0.717, 1.165) is 54.4 Å². The van der Waals surface area contributed by atoms with Crippen LogP contribution in [0.5, 0.6) is 0 Å². The van der Waals surface area contributed by atoms with Gasteiger partial charge in [-0.05, 0) is 35.9 Å². The molecule has 0 aliphatic carbocycles. The number of hydrogen-bond acceptors (Lipinski definition) is 7. The quantitative estimate of drug-likeness (QED) is 0.424. The number of piperazine rings is 1. The zero-order valence-corrected chi connectivity index (χ0v) is 22.5. The van der Waals surface area contributed by atoms with Gasteiger partial charge in [0.1, 0.15) is 0 Å². The van der Waals surface area contributed by atoms with E-state index in [1.165, 1.54) is 0 Å². The first-order chi connectivity index (χ1) is 18.2. The fourth-order valence-electron chi connectivity index (χ4n) is 4.15. The fraction of sp³-hybridized carbons (Fsp3) is 0.379. The summed E-state index contributed by atoms with van der Waals surface area (Å²) in [6.07, 6.45) is 2.11. The number of nitrogens with zero attached hydrogens (tertiary/aromatic N) is 4. The highest BCUT2D eigenvalue weighted by atomic mass is 16.6. The summed E-state index contributed by atoms with van der Waals surface area (Å²) in [5.74, 6) is 0.574. The molecule has 0 unspecified atom stereocenters. The van der Waals surface area contributed by atoms with Gasteiger partial charge in [-0.25, -0.2) is 15.4 Å². The standard InChI is InChI=1S/C29H36N6O3/c1-5-26(36)33-38-20-21-6-8-22(9-7-21)25-14-15-30-28(32-25)31-23-10-12-24(13-11-23)34-16-18-35(19-17-34)27(37)29(2,3)4/h6-15H,5,16-20H2,1-4H3,(H,33,36)(H,30,31,32). The minimum Gasteiger partial charge on any atom is -0.368 e. The van der Waals surface area contributed by atoms with Gasteiger partial charge in [0, 0.05) is 61.1 Å². The van der Waals surface area contributed by atoms with Gasteiger partial charge in [0.25, 0.3) is 0 Å². The monoisotopic (exact) mass is 516 g/mol. The highest BCUT2D eigenvalue weighted by Crippen LogP contribution is 2.24. The van der Waals surface area contributed by atoms with Crippen molar-refractivity contribution in [2.24, 2.45) is 5.41 Å². The van der Waals surface area contributed by atoms with Crippen molar-refractivity contribution < 1.29 is 14.4 Å². The Morgan fingerprint density at radius 3 is 2.26 bits per heavy atom. The molecule has 9 nitrogen and oxygen atoms in total. The molecule has 1 aliphatic heterocycles. The lowest BCUT2D eigenvalue weighted by atomic mass is 9.94. The van der Waals surface area contributed by atoms with Crippen LogP contribution in [-0.4, -0.2) is 52.9 Å². The molecule has 2 N–H and O–H groups in total. The second kappa shape index (κ2) is 12.0. The highest BCUT2D eigenvalue weighted by molar-refractivity contribution is 5.81. The minimum absolute atomic E-state index is 0.149. The first-order valence-corrected chi connectivity index (χ1v) is 13.0. The number of hydrogen-bond donors (Lipinski definition) is 2. The summed E-state index contributed by atoms with van der Waals surface area (Å²) in [5.41, 5.74) is 6.79. The van der Waals surface area contributed by atoms with Crippen LogP contribution in [0.25, 0.3) is 11.3 Å². The van der Waals surface area contributed by atoms with Crippen molar-refractivity contribution in [3.8, 4) is 11.3 Å². The third-order valence-electron chi connectivity index (χ3n) is 6.35. The first kappa shape index (κ1) is 27.1. The summed E-state index contributed by atoms with van der Waals surface area (Å²) < 4.78 is 0. The number of nitrogens with one attached hydrogen (secondary N) is 2. The maximum Gasteiger partial charge on any atom is 0.243 e. The van der Waals surface area contributed by atoms with Crippen LogP contribution in [0.4, 0.5) is 17.3 Å². The number of benzene rings is 2. The highest BCUT2D eigenvalue weighted by Gasteiger charge is 2.29. The van der Waals surface area contributed by atoms with Gasteiger partial charge in [0.05, 0.1) is 12.3 Å². The maximum atomic E-state index is 12.5. The molecule has 0 spiro atoms. The van der Waals surface area contributed by atoms with Crippen LogP contribution in [0, 0.1) is 5.41 Å². The van der Waals surface area contributed by atoms with E-state index in [1.54, 1.807) is 13.1 Å². The zero-order valence-electron chi connectivity index (χ0n) is 22.5. The number of anilines is 3. The molecule has 0 bridgehead atoms. The molecular formula is C29H36N6O3. The predicted octanol–water partition coefficient (Wildman–Crippen LogP) is 4.54. The van der Waals surface area contributed by atoms with E-state index in [4.69, 9.17) is 4.84 Å². The molecule has 3 aromatic rings. The van der Waals surface area contributed by atoms with E-state index in [-0.39, 0.29) is 17.2 Å². The number of aromatic nitrogens is 2. The second-order valence-electron chi connectivity index (χ2n) is 10.3. The normalized spacial score (nSPS) is 13.8. The van der Waals surface area contributed by atoms with Crippen molar-refractivity contribution in [1.29, 1.82) is 0 Å². The van der Waals surface area contributed by atoms with Crippen LogP contribution in [0.1, 0.15) is 39.7 Å². The second-order valence-corrected chi connectivity index (χ2v) is 10.3. The van der Waals surface area contributed by atoms with Crippen LogP contribution in [0.3, 0.4) is 0 Å². The van der Waals surface area contributed by atoms with Crippen LogP contribution >= 0.6 is 0 Å². The number of carbonyl (C=O) groups is 2. The molecule has 2 heterocycles. The number of amides is 2. The molecule has 0 atom stereocenters. The lowest BCUT2D eigenvalue weighted by Crippen LogP contribution is -2.51. The molecule has 4 rings (SSSR count). The van der Waals surface area contributed by atoms with E-state index in [0.29, 0.717) is 19.0 Å². The lowest BCUT2D eigenvalue weighted by molar-refractivity contribution is -0.139. The maximum absolute atomic E-state index is 12.5. The fourth-order valence-corrected chi connectivity index (χ4v) is 4.15. The van der Waals surface area contributed by atoms with Gasteiger partial charge in [0.2, 0.25) is 17.8 Å². The Hall–Kier alpha value is -3.98. The van der Waals surface area contributed by atoms with Crippen LogP contribution in [0.15, 0.2) is 60.8 Å². The molecule has 1 fully saturated rings. The minimum atomic E-state index is -0.346. The molecule has 200 valence electrons. The van der Waals surface area contributed by atoms with Gasteiger partial charge in [-0.1, -0.05) is 52.0 Å². The molecule has 1 aromatic heterocycles. The average Bonchev–Trinajstić information content (AvgIpc) is 2.93. The summed E-state index contributed by atoms with van der Waals surface area (Å²) in [4.78, 5) is 42.4. The molecule has 1 aliphatic rings. The molecule has 0 radical (unpaired) electrons. The molecule has 1 saturated heterocycles. The molecule has 2 aromatic carbocycles. The van der Waals surface area contributed by atoms with Gasteiger partial charge in [-0.15, -0.1) is 0 Å². The molecule has 2 amide bonds. The molecule has 38 heavy (non-hydrogen) atoms. The van der Waals surface area contributed by atoms with Crippen molar-refractivity contribution in [3.63, 3.8) is 0 Å². The van der Waals surface area contributed by atoms with Gasteiger partial charge in [0.15, 0.2) is 0 Å². The van der Waals surface area contributed by atoms with Crippen molar-refractivity contribution in [2.45, 2.75) is 40.7 Å². The third kappa shape index (κ3) is 7.07. The van der Waals surface area contributed by atoms with Gasteiger partial charge < -0.3 is 15.1 Å².